The van der Waals surface area contributed by atoms with Crippen LogP contribution in [-0.2, 0) is 9.84 Å². The fourth-order valence-corrected chi connectivity index (χ4v) is 0.671. The van der Waals surface area contributed by atoms with Crippen LogP contribution in [0.2, 0.25) is 0 Å². The van der Waals surface area contributed by atoms with Gasteiger partial charge in [0.15, 0.2) is 9.84 Å². The zero-order chi connectivity index (χ0) is 7.33. The predicted molar refractivity (Wildman–Crippen MR) is 37.8 cm³/mol. The summed E-state index contributed by atoms with van der Waals surface area (Å²) in [5, 5.41) is 0. The van der Waals surface area contributed by atoms with E-state index < -0.39 is 9.84 Å². The third kappa shape index (κ3) is 7.51. The summed E-state index contributed by atoms with van der Waals surface area (Å²) in [5.74, 6) is 5.20. The molecule has 0 fully saturated rings. The van der Waals surface area contributed by atoms with Gasteiger partial charge in [0.25, 0.3) is 0 Å². The Balaban J connectivity index is 3.79. The Morgan fingerprint density at radius 3 is 2.22 bits per heavy atom. The van der Waals surface area contributed by atoms with Gasteiger partial charge in [-0.3, -0.25) is 0 Å². The van der Waals surface area contributed by atoms with E-state index in [0.29, 0.717) is 0 Å². The SMILES string of the molecule is CCC#CCS(C)(=O)=O. The van der Waals surface area contributed by atoms with Gasteiger partial charge in [-0.2, -0.15) is 0 Å². The van der Waals surface area contributed by atoms with Gasteiger partial charge in [-0.1, -0.05) is 12.8 Å². The van der Waals surface area contributed by atoms with Crippen molar-refractivity contribution in [2.75, 3.05) is 12.0 Å². The van der Waals surface area contributed by atoms with Crippen molar-refractivity contribution in [1.29, 1.82) is 0 Å². The summed E-state index contributed by atoms with van der Waals surface area (Å²) >= 11 is 0. The van der Waals surface area contributed by atoms with E-state index in [9.17, 15) is 8.42 Å². The van der Waals surface area contributed by atoms with Crippen molar-refractivity contribution in [3.63, 3.8) is 0 Å². The lowest BCUT2D eigenvalue weighted by atomic mass is 10.5. The molecule has 0 saturated carbocycles. The molecule has 0 aliphatic carbocycles. The topological polar surface area (TPSA) is 34.1 Å². The maximum Gasteiger partial charge on any atom is 0.158 e. The van der Waals surface area contributed by atoms with Crippen molar-refractivity contribution in [3.05, 3.63) is 0 Å². The molecule has 0 atom stereocenters. The third-order valence-corrected chi connectivity index (χ3v) is 1.30. The minimum absolute atomic E-state index is 0.0131. The molecular formula is C6H10O2S. The van der Waals surface area contributed by atoms with Gasteiger partial charge in [-0.25, -0.2) is 8.42 Å². The fourth-order valence-electron chi connectivity index (χ4n) is 0.307. The number of hydrogen-bond acceptors (Lipinski definition) is 2. The van der Waals surface area contributed by atoms with E-state index in [-0.39, 0.29) is 5.75 Å². The Labute approximate surface area is 56.2 Å². The minimum Gasteiger partial charge on any atom is -0.228 e. The van der Waals surface area contributed by atoms with Crippen LogP contribution in [0.5, 0.6) is 0 Å². The highest BCUT2D eigenvalue weighted by Crippen LogP contribution is 1.78. The van der Waals surface area contributed by atoms with Crippen LogP contribution in [0.1, 0.15) is 13.3 Å². The van der Waals surface area contributed by atoms with Crippen LogP contribution < -0.4 is 0 Å². The van der Waals surface area contributed by atoms with Gasteiger partial charge < -0.3 is 0 Å². The van der Waals surface area contributed by atoms with E-state index in [1.165, 1.54) is 6.26 Å². The lowest BCUT2D eigenvalue weighted by Crippen LogP contribution is -1.99. The number of sulfone groups is 1. The van der Waals surface area contributed by atoms with E-state index in [1.807, 2.05) is 6.92 Å². The molecule has 0 aromatic rings. The molecule has 2 nitrogen and oxygen atoms in total. The Morgan fingerprint density at radius 1 is 1.33 bits per heavy atom. The van der Waals surface area contributed by atoms with Gasteiger partial charge in [0.1, 0.15) is 5.75 Å². The minimum atomic E-state index is -2.87. The molecule has 9 heavy (non-hydrogen) atoms. The Kier molecular flexibility index (Phi) is 3.33. The highest BCUT2D eigenvalue weighted by Gasteiger charge is 1.94. The lowest BCUT2D eigenvalue weighted by molar-refractivity contribution is 0.605. The molecule has 0 saturated heterocycles. The van der Waals surface area contributed by atoms with E-state index in [1.54, 1.807) is 0 Å². The quantitative estimate of drug-likeness (QED) is 0.503. The predicted octanol–water partition coefficient (Wildman–Crippen LogP) is 0.444. The molecule has 0 bridgehead atoms. The van der Waals surface area contributed by atoms with Gasteiger partial charge in [-0.15, -0.1) is 5.92 Å². The number of rotatable bonds is 1. The van der Waals surface area contributed by atoms with E-state index >= 15 is 0 Å². The molecule has 0 radical (unpaired) electrons. The maximum atomic E-state index is 10.4. The van der Waals surface area contributed by atoms with Crippen LogP contribution in [-0.4, -0.2) is 20.4 Å². The molecule has 0 unspecified atom stereocenters. The first-order chi connectivity index (χ1) is 4.06. The van der Waals surface area contributed by atoms with Gasteiger partial charge in [-0.05, 0) is 0 Å². The summed E-state index contributed by atoms with van der Waals surface area (Å²) in [6, 6.07) is 0. The smallest absolute Gasteiger partial charge is 0.158 e. The second kappa shape index (κ2) is 3.52. The normalized spacial score (nSPS) is 10.0. The summed E-state index contributed by atoms with van der Waals surface area (Å²) in [6.45, 7) is 1.88. The van der Waals surface area contributed by atoms with Crippen molar-refractivity contribution in [2.45, 2.75) is 13.3 Å². The molecule has 0 amide bonds. The molecule has 3 heteroatoms. The molecule has 0 aromatic heterocycles. The zero-order valence-electron chi connectivity index (χ0n) is 5.64. The Hall–Kier alpha value is -0.490. The highest BCUT2D eigenvalue weighted by molar-refractivity contribution is 7.90. The second-order valence-electron chi connectivity index (χ2n) is 1.78. The van der Waals surface area contributed by atoms with Crippen LogP contribution >= 0.6 is 0 Å². The van der Waals surface area contributed by atoms with Gasteiger partial charge in [0.05, 0.1) is 0 Å². The zero-order valence-corrected chi connectivity index (χ0v) is 6.46. The summed E-state index contributed by atoms with van der Waals surface area (Å²) in [7, 11) is -2.87. The molecule has 52 valence electrons. The van der Waals surface area contributed by atoms with Gasteiger partial charge in [0.2, 0.25) is 0 Å². The molecule has 0 N–H and O–H groups in total. The van der Waals surface area contributed by atoms with E-state index in [0.717, 1.165) is 6.42 Å². The third-order valence-electron chi connectivity index (χ3n) is 0.636. The number of hydrogen-bond donors (Lipinski definition) is 0. The van der Waals surface area contributed by atoms with Gasteiger partial charge in [0, 0.05) is 12.7 Å². The van der Waals surface area contributed by atoms with Crippen molar-refractivity contribution in [1.82, 2.24) is 0 Å². The van der Waals surface area contributed by atoms with Crippen molar-refractivity contribution < 1.29 is 8.42 Å². The first-order valence-electron chi connectivity index (χ1n) is 2.69. The Morgan fingerprint density at radius 2 is 1.89 bits per heavy atom. The summed E-state index contributed by atoms with van der Waals surface area (Å²) in [6.07, 6.45) is 1.90. The van der Waals surface area contributed by atoms with Crippen LogP contribution in [0.3, 0.4) is 0 Å². The van der Waals surface area contributed by atoms with E-state index in [2.05, 4.69) is 11.8 Å². The summed E-state index contributed by atoms with van der Waals surface area (Å²) in [5.41, 5.74) is 0. The summed E-state index contributed by atoms with van der Waals surface area (Å²) < 4.78 is 20.8. The van der Waals surface area contributed by atoms with E-state index in [4.69, 9.17) is 0 Å². The first-order valence-corrected chi connectivity index (χ1v) is 4.75. The average molecular weight is 146 g/mol. The van der Waals surface area contributed by atoms with Crippen molar-refractivity contribution in [2.24, 2.45) is 0 Å². The molecule has 0 aliphatic rings. The van der Waals surface area contributed by atoms with Crippen molar-refractivity contribution >= 4 is 9.84 Å². The monoisotopic (exact) mass is 146 g/mol. The first kappa shape index (κ1) is 8.51. The van der Waals surface area contributed by atoms with Crippen LogP contribution in [0.25, 0.3) is 0 Å². The van der Waals surface area contributed by atoms with Crippen LogP contribution in [0.15, 0.2) is 0 Å². The van der Waals surface area contributed by atoms with Gasteiger partial charge >= 0.3 is 0 Å². The molecule has 0 rings (SSSR count). The van der Waals surface area contributed by atoms with Crippen LogP contribution in [0.4, 0.5) is 0 Å². The van der Waals surface area contributed by atoms with Crippen LogP contribution in [0, 0.1) is 11.8 Å². The fraction of sp³-hybridized carbons (Fsp3) is 0.667. The van der Waals surface area contributed by atoms with Crippen molar-refractivity contribution in [3.8, 4) is 11.8 Å². The second-order valence-corrected chi connectivity index (χ2v) is 3.92. The highest BCUT2D eigenvalue weighted by atomic mass is 32.2. The molecular weight excluding hydrogens is 136 g/mol. The average Bonchev–Trinajstić information content (AvgIpc) is 1.63. The lowest BCUT2D eigenvalue weighted by Gasteiger charge is -1.83. The molecule has 0 spiro atoms. The summed E-state index contributed by atoms with van der Waals surface area (Å²) in [4.78, 5) is 0. The molecule has 0 aliphatic heterocycles. The standard InChI is InChI=1S/C6H10O2S/c1-3-4-5-6-9(2,7)8/h3,6H2,1-2H3. The molecule has 0 heterocycles. The molecule has 0 aromatic carbocycles. The maximum absolute atomic E-state index is 10.4. The largest absolute Gasteiger partial charge is 0.228 e. The Bertz CT molecular complexity index is 215.